The van der Waals surface area contributed by atoms with Crippen molar-refractivity contribution in [3.63, 3.8) is 0 Å². The van der Waals surface area contributed by atoms with Gasteiger partial charge in [-0.05, 0) is 36.8 Å². The lowest BCUT2D eigenvalue weighted by atomic mass is 9.96. The van der Waals surface area contributed by atoms with Gasteiger partial charge in [-0.2, -0.15) is 4.98 Å². The highest BCUT2D eigenvalue weighted by atomic mass is 16.2. The molecule has 188 valence electrons. The van der Waals surface area contributed by atoms with Crippen molar-refractivity contribution in [1.82, 2.24) is 18.7 Å². The van der Waals surface area contributed by atoms with Gasteiger partial charge in [0.1, 0.15) is 0 Å². The van der Waals surface area contributed by atoms with Crippen molar-refractivity contribution in [2.75, 3.05) is 18.0 Å². The van der Waals surface area contributed by atoms with E-state index in [0.717, 1.165) is 47.1 Å². The van der Waals surface area contributed by atoms with Gasteiger partial charge in [0.05, 0.1) is 18.8 Å². The molecular formula is C28H29N7O2. The zero-order valence-corrected chi connectivity index (χ0v) is 21.1. The van der Waals surface area contributed by atoms with Gasteiger partial charge < -0.3 is 10.6 Å². The predicted octanol–water partition coefficient (Wildman–Crippen LogP) is 2.33. The highest BCUT2D eigenvalue weighted by molar-refractivity contribution is 6.04. The molecule has 4 aromatic rings. The molecule has 9 heteroatoms. The summed E-state index contributed by atoms with van der Waals surface area (Å²) in [6, 6.07) is 12.3. The number of aromatic nitrogens is 4. The van der Waals surface area contributed by atoms with E-state index in [-0.39, 0.29) is 18.1 Å². The summed E-state index contributed by atoms with van der Waals surface area (Å²) in [5.74, 6) is 6.62. The van der Waals surface area contributed by atoms with Crippen molar-refractivity contribution in [3.05, 3.63) is 62.8 Å². The van der Waals surface area contributed by atoms with Gasteiger partial charge in [0.25, 0.3) is 5.56 Å². The number of hydrogen-bond acceptors (Lipinski definition) is 6. The number of nitrogens with two attached hydrogens (primary N) is 1. The van der Waals surface area contributed by atoms with E-state index < -0.39 is 5.69 Å². The van der Waals surface area contributed by atoms with E-state index >= 15 is 0 Å². The van der Waals surface area contributed by atoms with E-state index in [0.29, 0.717) is 36.6 Å². The van der Waals surface area contributed by atoms with E-state index in [1.54, 1.807) is 14.0 Å². The van der Waals surface area contributed by atoms with Gasteiger partial charge in [0.2, 0.25) is 5.95 Å². The summed E-state index contributed by atoms with van der Waals surface area (Å²) >= 11 is 0. The van der Waals surface area contributed by atoms with Crippen LogP contribution in [0.2, 0.25) is 0 Å². The van der Waals surface area contributed by atoms with Crippen LogP contribution in [0, 0.1) is 11.8 Å². The zero-order chi connectivity index (χ0) is 25.7. The number of fused-ring (bicyclic) bond motifs is 1. The summed E-state index contributed by atoms with van der Waals surface area (Å²) < 4.78 is 4.57. The van der Waals surface area contributed by atoms with Crippen molar-refractivity contribution in [2.24, 2.45) is 17.8 Å². The van der Waals surface area contributed by atoms with Gasteiger partial charge in [0, 0.05) is 43.7 Å². The van der Waals surface area contributed by atoms with E-state index in [4.69, 9.17) is 15.7 Å². The molecule has 0 saturated carbocycles. The quantitative estimate of drug-likeness (QED) is 0.438. The fourth-order valence-corrected chi connectivity index (χ4v) is 5.58. The van der Waals surface area contributed by atoms with Crippen molar-refractivity contribution in [1.29, 1.82) is 0 Å². The lowest BCUT2D eigenvalue weighted by Crippen LogP contribution is -2.44. The number of benzene rings is 2. The van der Waals surface area contributed by atoms with Crippen LogP contribution >= 0.6 is 0 Å². The first kappa shape index (κ1) is 23.3. The Labute approximate surface area is 213 Å². The number of rotatable bonds is 4. The maximum Gasteiger partial charge on any atom is 0.332 e. The molecule has 0 radical (unpaired) electrons. The molecule has 9 nitrogen and oxygen atoms in total. The van der Waals surface area contributed by atoms with Gasteiger partial charge >= 0.3 is 5.69 Å². The Bertz CT molecular complexity index is 1760. The largest absolute Gasteiger partial charge is 0.341 e. The molecule has 0 unspecified atom stereocenters. The first-order valence-corrected chi connectivity index (χ1v) is 12.6. The minimum absolute atomic E-state index is 0.0383. The zero-order valence-electron chi connectivity index (χ0n) is 21.1. The van der Waals surface area contributed by atoms with Crippen LogP contribution in [0.1, 0.15) is 25.3 Å². The Morgan fingerprint density at radius 3 is 2.73 bits per heavy atom. The third-order valence-electron chi connectivity index (χ3n) is 7.35. The standard InChI is InChI=1S/C28H29N7O2/c1-3-4-14-34-24-25(31-27(34)33-13-7-11-20(29)16-33)32(2)28(37)35(26(24)36)17-21-15-19-10-5-8-18-9-6-12-22(30-21)23(18)19/h5-6,8-10,12,20H,7,11,13-17,29H2,1-2H3/t20-/m1/s1. The molecule has 0 amide bonds. The molecule has 2 N–H and O–H groups in total. The van der Waals surface area contributed by atoms with E-state index in [9.17, 15) is 9.59 Å². The first-order valence-electron chi connectivity index (χ1n) is 12.6. The summed E-state index contributed by atoms with van der Waals surface area (Å²) in [6.45, 7) is 3.62. The van der Waals surface area contributed by atoms with Crippen LogP contribution in [0.5, 0.6) is 0 Å². The molecule has 2 aromatic carbocycles. The molecule has 0 aliphatic carbocycles. The minimum atomic E-state index is -0.412. The number of piperidine rings is 1. The first-order chi connectivity index (χ1) is 18.0. The van der Waals surface area contributed by atoms with E-state index in [1.165, 1.54) is 9.13 Å². The second-order valence-electron chi connectivity index (χ2n) is 9.83. The molecule has 2 aliphatic heterocycles. The van der Waals surface area contributed by atoms with Crippen LogP contribution in [0.25, 0.3) is 21.9 Å². The number of nitrogens with zero attached hydrogens (tertiary/aromatic N) is 6. The van der Waals surface area contributed by atoms with Crippen molar-refractivity contribution in [3.8, 4) is 11.8 Å². The molecule has 2 aliphatic rings. The molecule has 1 fully saturated rings. The SMILES string of the molecule is CC#CCn1c(N2CCC[C@@H](N)C2)nc2c1c(=O)n(CC1=Nc3cccc4cccc(c34)C1)c(=O)n2C. The Balaban J connectivity index is 1.49. The smallest absolute Gasteiger partial charge is 0.332 e. The Morgan fingerprint density at radius 2 is 1.95 bits per heavy atom. The Kier molecular flexibility index (Phi) is 5.69. The molecule has 1 saturated heterocycles. The minimum Gasteiger partial charge on any atom is -0.341 e. The van der Waals surface area contributed by atoms with Gasteiger partial charge in [-0.25, -0.2) is 4.79 Å². The summed E-state index contributed by atoms with van der Waals surface area (Å²) in [5.41, 5.74) is 8.97. The molecule has 4 heterocycles. The van der Waals surface area contributed by atoms with Crippen molar-refractivity contribution >= 4 is 39.3 Å². The molecule has 6 rings (SSSR count). The second kappa shape index (κ2) is 9.05. The highest BCUT2D eigenvalue weighted by Crippen LogP contribution is 2.33. The summed E-state index contributed by atoms with van der Waals surface area (Å²) in [5, 5.41) is 2.27. The van der Waals surface area contributed by atoms with Crippen LogP contribution in [0.4, 0.5) is 11.6 Å². The number of aryl methyl sites for hydroxylation is 1. The Hall–Kier alpha value is -4.16. The number of anilines is 1. The lowest BCUT2D eigenvalue weighted by Gasteiger charge is -2.31. The molecule has 1 atom stereocenters. The van der Waals surface area contributed by atoms with Crippen LogP contribution in [-0.4, -0.2) is 43.5 Å². The van der Waals surface area contributed by atoms with Crippen molar-refractivity contribution in [2.45, 2.75) is 45.3 Å². The van der Waals surface area contributed by atoms with E-state index in [1.807, 2.05) is 22.8 Å². The highest BCUT2D eigenvalue weighted by Gasteiger charge is 2.26. The van der Waals surface area contributed by atoms with Gasteiger partial charge in [0.15, 0.2) is 11.2 Å². The Morgan fingerprint density at radius 1 is 1.14 bits per heavy atom. The lowest BCUT2D eigenvalue weighted by molar-refractivity contribution is 0.496. The van der Waals surface area contributed by atoms with Crippen molar-refractivity contribution < 1.29 is 0 Å². The average Bonchev–Trinajstić information content (AvgIpc) is 3.29. The molecule has 0 bridgehead atoms. The summed E-state index contributed by atoms with van der Waals surface area (Å²) in [6.07, 6.45) is 2.48. The predicted molar refractivity (Wildman–Crippen MR) is 147 cm³/mol. The van der Waals surface area contributed by atoms with Gasteiger partial charge in [-0.15, -0.1) is 5.92 Å². The maximum absolute atomic E-state index is 13.9. The van der Waals surface area contributed by atoms with Crippen LogP contribution in [-0.2, 0) is 26.6 Å². The fraction of sp³-hybridized carbons (Fsp3) is 0.357. The monoisotopic (exact) mass is 495 g/mol. The molecule has 2 aromatic heterocycles. The van der Waals surface area contributed by atoms with Crippen LogP contribution in [0.3, 0.4) is 0 Å². The summed E-state index contributed by atoms with van der Waals surface area (Å²) in [7, 11) is 1.66. The molecular weight excluding hydrogens is 466 g/mol. The number of aliphatic imine (C=N–C) groups is 1. The number of hydrogen-bond donors (Lipinski definition) is 1. The summed E-state index contributed by atoms with van der Waals surface area (Å²) in [4.78, 5) is 39.1. The van der Waals surface area contributed by atoms with Crippen LogP contribution < -0.4 is 21.9 Å². The number of imidazole rings is 1. The van der Waals surface area contributed by atoms with Gasteiger partial charge in [-0.3, -0.25) is 23.5 Å². The maximum atomic E-state index is 13.9. The third-order valence-corrected chi connectivity index (χ3v) is 7.35. The molecule has 37 heavy (non-hydrogen) atoms. The fourth-order valence-electron chi connectivity index (χ4n) is 5.58. The second-order valence-corrected chi connectivity index (χ2v) is 9.83. The topological polar surface area (TPSA) is 103 Å². The van der Waals surface area contributed by atoms with Gasteiger partial charge in [-0.1, -0.05) is 36.3 Å². The molecule has 0 spiro atoms. The van der Waals surface area contributed by atoms with E-state index in [2.05, 4.69) is 34.9 Å². The van der Waals surface area contributed by atoms with Crippen LogP contribution in [0.15, 0.2) is 51.0 Å². The normalized spacial score (nSPS) is 17.1. The third kappa shape index (κ3) is 3.85. The average molecular weight is 496 g/mol.